The molecule has 0 saturated heterocycles. The molecule has 12 heavy (non-hydrogen) atoms. The van der Waals surface area contributed by atoms with Crippen LogP contribution in [-0.4, -0.2) is 22.4 Å². The fraction of sp³-hybridized carbons (Fsp3) is 0.800. The van der Waals surface area contributed by atoms with Crippen molar-refractivity contribution in [3.8, 4) is 0 Å². The van der Waals surface area contributed by atoms with E-state index >= 15 is 0 Å². The van der Waals surface area contributed by atoms with Crippen molar-refractivity contribution in [2.24, 2.45) is 0 Å². The van der Waals surface area contributed by atoms with Crippen LogP contribution in [0.5, 0.6) is 0 Å². The standard InChI is InChI=1S/C10H18O2/c11-9-7-5-3-1-2-4-6-8-10(9)12/h1,3,9-12H,2,4-8H2. The quantitative estimate of drug-likeness (QED) is 0.542. The monoisotopic (exact) mass is 170 g/mol. The number of allylic oxidation sites excluding steroid dienone is 2. The smallest absolute Gasteiger partial charge is 0.0802 e. The Morgan fingerprint density at radius 1 is 0.833 bits per heavy atom. The largest absolute Gasteiger partial charge is 0.390 e. The van der Waals surface area contributed by atoms with Gasteiger partial charge in [-0.3, -0.25) is 0 Å². The first-order chi connectivity index (χ1) is 5.80. The van der Waals surface area contributed by atoms with Crippen molar-refractivity contribution < 1.29 is 10.2 Å². The molecule has 1 aliphatic carbocycles. The molecule has 0 bridgehead atoms. The number of hydrogen-bond acceptors (Lipinski definition) is 2. The molecule has 0 amide bonds. The highest BCUT2D eigenvalue weighted by Crippen LogP contribution is 2.13. The van der Waals surface area contributed by atoms with Crippen molar-refractivity contribution in [2.45, 2.75) is 50.7 Å². The molecule has 2 heteroatoms. The van der Waals surface area contributed by atoms with E-state index in [4.69, 9.17) is 0 Å². The Morgan fingerprint density at radius 3 is 2.33 bits per heavy atom. The Balaban J connectivity index is 2.36. The van der Waals surface area contributed by atoms with Gasteiger partial charge in [-0.05, 0) is 32.1 Å². The van der Waals surface area contributed by atoms with E-state index in [0.717, 1.165) is 32.1 Å². The molecule has 0 aromatic heterocycles. The van der Waals surface area contributed by atoms with Gasteiger partial charge >= 0.3 is 0 Å². The minimum absolute atomic E-state index is 0.503. The van der Waals surface area contributed by atoms with Crippen LogP contribution in [0, 0.1) is 0 Å². The first kappa shape index (κ1) is 9.75. The fourth-order valence-corrected chi connectivity index (χ4v) is 1.50. The summed E-state index contributed by atoms with van der Waals surface area (Å²) in [6.07, 6.45) is 8.83. The van der Waals surface area contributed by atoms with E-state index in [1.165, 1.54) is 0 Å². The molecule has 2 atom stereocenters. The number of aliphatic hydroxyl groups excluding tert-OH is 2. The molecule has 2 N–H and O–H groups in total. The molecule has 0 saturated carbocycles. The zero-order valence-corrected chi connectivity index (χ0v) is 7.45. The van der Waals surface area contributed by atoms with Gasteiger partial charge < -0.3 is 10.2 Å². The first-order valence-corrected chi connectivity index (χ1v) is 4.82. The summed E-state index contributed by atoms with van der Waals surface area (Å²) in [5.41, 5.74) is 0. The SMILES string of the molecule is OC1CCC=CCCCCC1O. The van der Waals surface area contributed by atoms with Gasteiger partial charge in [0.15, 0.2) is 0 Å². The summed E-state index contributed by atoms with van der Waals surface area (Å²) in [5, 5.41) is 18.8. The molecule has 0 radical (unpaired) electrons. The van der Waals surface area contributed by atoms with Crippen molar-refractivity contribution in [1.29, 1.82) is 0 Å². The first-order valence-electron chi connectivity index (χ1n) is 4.82. The summed E-state index contributed by atoms with van der Waals surface area (Å²) >= 11 is 0. The lowest BCUT2D eigenvalue weighted by Crippen LogP contribution is -2.25. The minimum atomic E-state index is -0.521. The molecule has 70 valence electrons. The summed E-state index contributed by atoms with van der Waals surface area (Å²) in [6, 6.07) is 0. The third-order valence-electron chi connectivity index (χ3n) is 2.36. The van der Waals surface area contributed by atoms with Gasteiger partial charge in [-0.2, -0.15) is 0 Å². The van der Waals surface area contributed by atoms with Crippen LogP contribution < -0.4 is 0 Å². The van der Waals surface area contributed by atoms with E-state index in [-0.39, 0.29) is 0 Å². The van der Waals surface area contributed by atoms with Crippen molar-refractivity contribution in [3.05, 3.63) is 12.2 Å². The van der Waals surface area contributed by atoms with E-state index in [1.807, 2.05) is 0 Å². The molecule has 2 nitrogen and oxygen atoms in total. The number of rotatable bonds is 0. The summed E-state index contributed by atoms with van der Waals surface area (Å²) < 4.78 is 0. The van der Waals surface area contributed by atoms with Gasteiger partial charge in [0.25, 0.3) is 0 Å². The van der Waals surface area contributed by atoms with E-state index in [0.29, 0.717) is 6.42 Å². The summed E-state index contributed by atoms with van der Waals surface area (Å²) in [5.74, 6) is 0. The maximum absolute atomic E-state index is 9.43. The number of hydrogen-bond donors (Lipinski definition) is 2. The van der Waals surface area contributed by atoms with Crippen LogP contribution in [0.4, 0.5) is 0 Å². The van der Waals surface area contributed by atoms with Gasteiger partial charge in [-0.15, -0.1) is 0 Å². The van der Waals surface area contributed by atoms with Gasteiger partial charge in [-0.25, -0.2) is 0 Å². The maximum atomic E-state index is 9.43. The lowest BCUT2D eigenvalue weighted by Gasteiger charge is -2.17. The Morgan fingerprint density at radius 2 is 1.50 bits per heavy atom. The predicted octanol–water partition coefficient (Wildman–Crippen LogP) is 1.62. The van der Waals surface area contributed by atoms with Crippen LogP contribution in [0.3, 0.4) is 0 Å². The lowest BCUT2D eigenvalue weighted by molar-refractivity contribution is 0.00897. The van der Waals surface area contributed by atoms with Gasteiger partial charge in [-0.1, -0.05) is 18.6 Å². The molecule has 0 fully saturated rings. The molecule has 0 aromatic rings. The highest BCUT2D eigenvalue weighted by atomic mass is 16.3. The third kappa shape index (κ3) is 3.37. The highest BCUT2D eigenvalue weighted by Gasteiger charge is 2.14. The second kappa shape index (κ2) is 5.33. The normalized spacial score (nSPS) is 33.2. The van der Waals surface area contributed by atoms with Crippen molar-refractivity contribution in [2.75, 3.05) is 0 Å². The van der Waals surface area contributed by atoms with Crippen molar-refractivity contribution in [1.82, 2.24) is 0 Å². The lowest BCUT2D eigenvalue weighted by atomic mass is 10.0. The average Bonchev–Trinajstić information content (AvgIpc) is 2.08. The summed E-state index contributed by atoms with van der Waals surface area (Å²) in [4.78, 5) is 0. The third-order valence-corrected chi connectivity index (χ3v) is 2.36. The molecule has 0 spiro atoms. The molecule has 0 aromatic carbocycles. The zero-order valence-electron chi connectivity index (χ0n) is 7.45. The highest BCUT2D eigenvalue weighted by molar-refractivity contribution is 4.84. The average molecular weight is 170 g/mol. The van der Waals surface area contributed by atoms with E-state index in [9.17, 15) is 10.2 Å². The van der Waals surface area contributed by atoms with Crippen LogP contribution in [0.15, 0.2) is 12.2 Å². The molecule has 0 heterocycles. The van der Waals surface area contributed by atoms with Crippen LogP contribution in [0.2, 0.25) is 0 Å². The predicted molar refractivity (Wildman–Crippen MR) is 48.9 cm³/mol. The summed E-state index contributed by atoms with van der Waals surface area (Å²) in [7, 11) is 0. The zero-order chi connectivity index (χ0) is 8.81. The van der Waals surface area contributed by atoms with E-state index < -0.39 is 12.2 Å². The van der Waals surface area contributed by atoms with E-state index in [2.05, 4.69) is 12.2 Å². The molecular weight excluding hydrogens is 152 g/mol. The van der Waals surface area contributed by atoms with Gasteiger partial charge in [0.2, 0.25) is 0 Å². The molecule has 1 rings (SSSR count). The van der Waals surface area contributed by atoms with Gasteiger partial charge in [0, 0.05) is 0 Å². The Labute approximate surface area is 73.9 Å². The number of aliphatic hydroxyl groups is 2. The molecule has 2 unspecified atom stereocenters. The minimum Gasteiger partial charge on any atom is -0.390 e. The summed E-state index contributed by atoms with van der Waals surface area (Å²) in [6.45, 7) is 0. The van der Waals surface area contributed by atoms with Crippen LogP contribution in [0.1, 0.15) is 38.5 Å². The van der Waals surface area contributed by atoms with Crippen LogP contribution >= 0.6 is 0 Å². The molecular formula is C10H18O2. The van der Waals surface area contributed by atoms with Crippen LogP contribution in [0.25, 0.3) is 0 Å². The van der Waals surface area contributed by atoms with Crippen LogP contribution in [-0.2, 0) is 0 Å². The topological polar surface area (TPSA) is 40.5 Å². The maximum Gasteiger partial charge on any atom is 0.0802 e. The second-order valence-electron chi connectivity index (χ2n) is 3.47. The molecule has 0 aliphatic heterocycles. The molecule has 1 aliphatic rings. The second-order valence-corrected chi connectivity index (χ2v) is 3.47. The Hall–Kier alpha value is -0.340. The van der Waals surface area contributed by atoms with Gasteiger partial charge in [0.05, 0.1) is 12.2 Å². The van der Waals surface area contributed by atoms with E-state index in [1.54, 1.807) is 0 Å². The fourth-order valence-electron chi connectivity index (χ4n) is 1.50. The van der Waals surface area contributed by atoms with Crippen molar-refractivity contribution in [3.63, 3.8) is 0 Å². The Kier molecular flexibility index (Phi) is 4.33. The Bertz CT molecular complexity index is 143. The van der Waals surface area contributed by atoms with Crippen molar-refractivity contribution >= 4 is 0 Å². The van der Waals surface area contributed by atoms with Gasteiger partial charge in [0.1, 0.15) is 0 Å².